The summed E-state index contributed by atoms with van der Waals surface area (Å²) in [4.78, 5) is 0. The van der Waals surface area contributed by atoms with Crippen molar-refractivity contribution >= 4 is 39.1 Å². The maximum atomic E-state index is 13.3. The third kappa shape index (κ3) is 4.68. The van der Waals surface area contributed by atoms with Crippen LogP contribution >= 0.6 is 39.1 Å². The smallest absolute Gasteiger partial charge is 0.137 e. The largest absolute Gasteiger partial charge is 0.316 e. The van der Waals surface area contributed by atoms with Crippen LogP contribution in [0.5, 0.6) is 0 Å². The predicted molar refractivity (Wildman–Crippen MR) is 90.8 cm³/mol. The van der Waals surface area contributed by atoms with Gasteiger partial charge in [0.25, 0.3) is 0 Å². The highest BCUT2D eigenvalue weighted by atomic mass is 79.9. The van der Waals surface area contributed by atoms with E-state index in [1.54, 1.807) is 12.1 Å². The average Bonchev–Trinajstić information content (AvgIpc) is 2.46. The molecule has 5 heteroatoms. The van der Waals surface area contributed by atoms with Crippen molar-refractivity contribution in [1.29, 1.82) is 0 Å². The SMILES string of the molecule is CNC(Cc1ccc(Cl)c(Cl)c1)Cc1ccc(F)c(Br)c1. The number of hydrogen-bond acceptors (Lipinski definition) is 1. The zero-order valence-electron chi connectivity index (χ0n) is 11.5. The van der Waals surface area contributed by atoms with E-state index in [2.05, 4.69) is 21.2 Å². The fraction of sp³-hybridized carbons (Fsp3) is 0.250. The minimum absolute atomic E-state index is 0.236. The molecular formula is C16H15BrCl2FN. The van der Waals surface area contributed by atoms with E-state index in [0.717, 1.165) is 24.0 Å². The minimum atomic E-state index is -0.246. The molecule has 0 spiro atoms. The molecule has 0 amide bonds. The molecular weight excluding hydrogens is 376 g/mol. The van der Waals surface area contributed by atoms with Crippen LogP contribution in [0, 0.1) is 5.82 Å². The summed E-state index contributed by atoms with van der Waals surface area (Å²) in [5.41, 5.74) is 2.19. The van der Waals surface area contributed by atoms with Gasteiger partial charge in [-0.2, -0.15) is 0 Å². The molecule has 1 nitrogen and oxygen atoms in total. The van der Waals surface area contributed by atoms with Crippen LogP contribution in [0.4, 0.5) is 4.39 Å². The van der Waals surface area contributed by atoms with Crippen molar-refractivity contribution in [2.45, 2.75) is 18.9 Å². The van der Waals surface area contributed by atoms with Gasteiger partial charge in [-0.3, -0.25) is 0 Å². The number of likely N-dealkylation sites (N-methyl/N-ethyl adjacent to an activating group) is 1. The molecule has 0 saturated carbocycles. The first-order valence-electron chi connectivity index (χ1n) is 6.54. The first-order chi connectivity index (χ1) is 9.99. The van der Waals surface area contributed by atoms with Gasteiger partial charge in [-0.25, -0.2) is 4.39 Å². The van der Waals surface area contributed by atoms with Gasteiger partial charge in [-0.05, 0) is 71.2 Å². The van der Waals surface area contributed by atoms with Crippen molar-refractivity contribution < 1.29 is 4.39 Å². The van der Waals surface area contributed by atoms with Crippen LogP contribution in [-0.4, -0.2) is 13.1 Å². The lowest BCUT2D eigenvalue weighted by Crippen LogP contribution is -2.29. The van der Waals surface area contributed by atoms with Gasteiger partial charge in [0.15, 0.2) is 0 Å². The van der Waals surface area contributed by atoms with Gasteiger partial charge in [0, 0.05) is 6.04 Å². The molecule has 0 fully saturated rings. The Hall–Kier alpha value is -0.610. The van der Waals surface area contributed by atoms with Crippen molar-refractivity contribution in [1.82, 2.24) is 5.32 Å². The van der Waals surface area contributed by atoms with Gasteiger partial charge < -0.3 is 5.32 Å². The van der Waals surface area contributed by atoms with E-state index in [0.29, 0.717) is 14.5 Å². The van der Waals surface area contributed by atoms with E-state index < -0.39 is 0 Å². The van der Waals surface area contributed by atoms with Crippen molar-refractivity contribution in [3.05, 3.63) is 67.9 Å². The van der Waals surface area contributed by atoms with Crippen LogP contribution in [0.1, 0.15) is 11.1 Å². The van der Waals surface area contributed by atoms with Crippen molar-refractivity contribution in [3.8, 4) is 0 Å². The van der Waals surface area contributed by atoms with Gasteiger partial charge in [-0.1, -0.05) is 35.3 Å². The van der Waals surface area contributed by atoms with Crippen LogP contribution in [0.25, 0.3) is 0 Å². The third-order valence-electron chi connectivity index (χ3n) is 3.34. The molecule has 0 aliphatic heterocycles. The van der Waals surface area contributed by atoms with E-state index in [1.807, 2.05) is 25.2 Å². The molecule has 0 aromatic heterocycles. The summed E-state index contributed by atoms with van der Waals surface area (Å²) in [7, 11) is 1.92. The molecule has 0 aliphatic rings. The Labute approximate surface area is 142 Å². The fourth-order valence-corrected chi connectivity index (χ4v) is 2.93. The molecule has 0 bridgehead atoms. The van der Waals surface area contributed by atoms with Gasteiger partial charge >= 0.3 is 0 Å². The molecule has 0 radical (unpaired) electrons. The lowest BCUT2D eigenvalue weighted by molar-refractivity contribution is 0.554. The highest BCUT2D eigenvalue weighted by molar-refractivity contribution is 9.10. The van der Waals surface area contributed by atoms with E-state index in [1.165, 1.54) is 6.07 Å². The average molecular weight is 391 g/mol. The van der Waals surface area contributed by atoms with Gasteiger partial charge in [-0.15, -0.1) is 0 Å². The Bertz CT molecular complexity index is 580. The quantitative estimate of drug-likeness (QED) is 0.733. The van der Waals surface area contributed by atoms with Gasteiger partial charge in [0.2, 0.25) is 0 Å². The summed E-state index contributed by atoms with van der Waals surface area (Å²) >= 11 is 15.2. The highest BCUT2D eigenvalue weighted by Crippen LogP contribution is 2.24. The summed E-state index contributed by atoms with van der Waals surface area (Å²) in [5, 5.41) is 4.40. The molecule has 1 atom stereocenters. The number of nitrogens with one attached hydrogen (secondary N) is 1. The second kappa shape index (κ2) is 7.59. The first-order valence-corrected chi connectivity index (χ1v) is 8.09. The van der Waals surface area contributed by atoms with Crippen LogP contribution in [0.3, 0.4) is 0 Å². The Morgan fingerprint density at radius 2 is 1.67 bits per heavy atom. The van der Waals surface area contributed by atoms with Gasteiger partial charge in [0.1, 0.15) is 5.82 Å². The van der Waals surface area contributed by atoms with E-state index in [4.69, 9.17) is 23.2 Å². The standard InChI is InChI=1S/C16H15BrCl2FN/c1-21-12(6-10-3-5-16(20)13(17)8-10)7-11-2-4-14(18)15(19)9-11/h2-5,8-9,12,21H,6-7H2,1H3. The van der Waals surface area contributed by atoms with E-state index in [-0.39, 0.29) is 11.9 Å². The van der Waals surface area contributed by atoms with Crippen molar-refractivity contribution in [2.75, 3.05) is 7.05 Å². The van der Waals surface area contributed by atoms with E-state index in [9.17, 15) is 4.39 Å². The lowest BCUT2D eigenvalue weighted by Gasteiger charge is -2.17. The molecule has 112 valence electrons. The second-order valence-electron chi connectivity index (χ2n) is 4.89. The molecule has 2 rings (SSSR count). The lowest BCUT2D eigenvalue weighted by atomic mass is 9.99. The summed E-state index contributed by atoms with van der Waals surface area (Å²) in [6.07, 6.45) is 1.62. The van der Waals surface area contributed by atoms with Crippen molar-refractivity contribution in [3.63, 3.8) is 0 Å². The Morgan fingerprint density at radius 1 is 1.05 bits per heavy atom. The molecule has 0 heterocycles. The maximum absolute atomic E-state index is 13.3. The normalized spacial score (nSPS) is 12.4. The maximum Gasteiger partial charge on any atom is 0.137 e. The zero-order chi connectivity index (χ0) is 15.4. The summed E-state index contributed by atoms with van der Waals surface area (Å²) in [5.74, 6) is -0.246. The van der Waals surface area contributed by atoms with Crippen LogP contribution in [0.2, 0.25) is 10.0 Å². The van der Waals surface area contributed by atoms with Crippen LogP contribution in [0.15, 0.2) is 40.9 Å². The number of rotatable bonds is 5. The van der Waals surface area contributed by atoms with Crippen LogP contribution in [-0.2, 0) is 12.8 Å². The second-order valence-corrected chi connectivity index (χ2v) is 6.56. The number of halogens is 4. The molecule has 2 aromatic rings. The fourth-order valence-electron chi connectivity index (χ4n) is 2.18. The monoisotopic (exact) mass is 389 g/mol. The molecule has 0 aliphatic carbocycles. The zero-order valence-corrected chi connectivity index (χ0v) is 14.6. The Morgan fingerprint density at radius 3 is 2.24 bits per heavy atom. The highest BCUT2D eigenvalue weighted by Gasteiger charge is 2.11. The summed E-state index contributed by atoms with van der Waals surface area (Å²) in [6.45, 7) is 0. The minimum Gasteiger partial charge on any atom is -0.316 e. The molecule has 2 aromatic carbocycles. The Kier molecular flexibility index (Phi) is 6.06. The van der Waals surface area contributed by atoms with Crippen molar-refractivity contribution in [2.24, 2.45) is 0 Å². The topological polar surface area (TPSA) is 12.0 Å². The van der Waals surface area contributed by atoms with E-state index >= 15 is 0 Å². The van der Waals surface area contributed by atoms with Gasteiger partial charge in [0.05, 0.1) is 14.5 Å². The molecule has 1 unspecified atom stereocenters. The number of benzene rings is 2. The summed E-state index contributed by atoms with van der Waals surface area (Å²) in [6, 6.07) is 11.0. The molecule has 21 heavy (non-hydrogen) atoms. The molecule has 1 N–H and O–H groups in total. The first kappa shape index (κ1) is 16.8. The summed E-state index contributed by atoms with van der Waals surface area (Å²) < 4.78 is 13.7. The van der Waals surface area contributed by atoms with Crippen LogP contribution < -0.4 is 5.32 Å². The third-order valence-corrected chi connectivity index (χ3v) is 4.69. The predicted octanol–water partition coefficient (Wildman–Crippen LogP) is 5.27. The Balaban J connectivity index is 2.08. The number of hydrogen-bond donors (Lipinski definition) is 1. The molecule has 0 saturated heterocycles.